The van der Waals surface area contributed by atoms with Crippen LogP contribution in [0.4, 0.5) is 11.4 Å². The largest absolute Gasteiger partial charge is 0.497 e. The molecular formula is C20H22N2O3. The zero-order valence-electron chi connectivity index (χ0n) is 14.3. The van der Waals surface area contributed by atoms with Gasteiger partial charge in [-0.3, -0.25) is 4.79 Å². The quantitative estimate of drug-likeness (QED) is 0.851. The number of rotatable bonds is 5. The SMILES string of the molecule is COc1ccc(N2CCOCC2)c(NC(=O)C=Cc2ccccc2)c1. The standard InChI is InChI=1S/C20H22N2O3/c1-24-17-8-9-19(22-11-13-25-14-12-22)18(15-17)21-20(23)10-7-16-5-3-2-4-6-16/h2-10,15H,11-14H2,1H3,(H,21,23). The fraction of sp³-hybridized carbons (Fsp3) is 0.250. The van der Waals surface area contributed by atoms with Gasteiger partial charge in [0.05, 0.1) is 31.7 Å². The maximum absolute atomic E-state index is 12.3. The molecule has 3 rings (SSSR count). The van der Waals surface area contributed by atoms with Crippen molar-refractivity contribution in [1.82, 2.24) is 0 Å². The van der Waals surface area contributed by atoms with Gasteiger partial charge in [0.15, 0.2) is 0 Å². The Balaban J connectivity index is 1.77. The number of carbonyl (C=O) groups excluding carboxylic acids is 1. The summed E-state index contributed by atoms with van der Waals surface area (Å²) in [5.41, 5.74) is 2.70. The number of nitrogens with zero attached hydrogens (tertiary/aromatic N) is 1. The predicted molar refractivity (Wildman–Crippen MR) is 100 cm³/mol. The fourth-order valence-corrected chi connectivity index (χ4v) is 2.73. The molecule has 0 spiro atoms. The number of nitrogens with one attached hydrogen (secondary N) is 1. The van der Waals surface area contributed by atoms with Gasteiger partial charge in [-0.25, -0.2) is 0 Å². The summed E-state index contributed by atoms with van der Waals surface area (Å²) < 4.78 is 10.7. The molecule has 1 amide bonds. The molecule has 130 valence electrons. The van der Waals surface area contributed by atoms with Crippen LogP contribution in [0.25, 0.3) is 6.08 Å². The Kier molecular flexibility index (Phi) is 5.69. The fourth-order valence-electron chi connectivity index (χ4n) is 2.73. The van der Waals surface area contributed by atoms with E-state index >= 15 is 0 Å². The molecule has 1 fully saturated rings. The minimum atomic E-state index is -0.174. The highest BCUT2D eigenvalue weighted by Gasteiger charge is 2.16. The van der Waals surface area contributed by atoms with Crippen LogP contribution in [0.5, 0.6) is 5.75 Å². The van der Waals surface area contributed by atoms with E-state index in [-0.39, 0.29) is 5.91 Å². The molecule has 5 heteroatoms. The van der Waals surface area contributed by atoms with Crippen molar-refractivity contribution in [1.29, 1.82) is 0 Å². The van der Waals surface area contributed by atoms with E-state index in [1.807, 2.05) is 48.5 Å². The lowest BCUT2D eigenvalue weighted by molar-refractivity contribution is -0.111. The first-order valence-electron chi connectivity index (χ1n) is 8.31. The summed E-state index contributed by atoms with van der Waals surface area (Å²) in [6.07, 6.45) is 3.34. The van der Waals surface area contributed by atoms with E-state index in [0.717, 1.165) is 30.0 Å². The Labute approximate surface area is 147 Å². The molecule has 1 saturated heterocycles. The predicted octanol–water partition coefficient (Wildman–Crippen LogP) is 3.18. The summed E-state index contributed by atoms with van der Waals surface area (Å²) in [5.74, 6) is 0.533. The molecule has 2 aromatic rings. The maximum Gasteiger partial charge on any atom is 0.248 e. The van der Waals surface area contributed by atoms with Crippen LogP contribution >= 0.6 is 0 Å². The first-order chi connectivity index (χ1) is 12.3. The average molecular weight is 338 g/mol. The highest BCUT2D eigenvalue weighted by molar-refractivity contribution is 6.04. The van der Waals surface area contributed by atoms with Gasteiger partial charge in [0.1, 0.15) is 5.75 Å². The topological polar surface area (TPSA) is 50.8 Å². The van der Waals surface area contributed by atoms with E-state index < -0.39 is 0 Å². The van der Waals surface area contributed by atoms with Gasteiger partial charge in [0, 0.05) is 25.2 Å². The second-order valence-corrected chi connectivity index (χ2v) is 5.72. The third-order valence-electron chi connectivity index (χ3n) is 4.04. The molecule has 25 heavy (non-hydrogen) atoms. The smallest absolute Gasteiger partial charge is 0.248 e. The van der Waals surface area contributed by atoms with E-state index in [2.05, 4.69) is 10.2 Å². The number of amides is 1. The lowest BCUT2D eigenvalue weighted by Gasteiger charge is -2.30. The van der Waals surface area contributed by atoms with Crippen LogP contribution in [0.1, 0.15) is 5.56 Å². The van der Waals surface area contributed by atoms with E-state index in [4.69, 9.17) is 9.47 Å². The Bertz CT molecular complexity index is 738. The van der Waals surface area contributed by atoms with Crippen molar-refractivity contribution < 1.29 is 14.3 Å². The Hall–Kier alpha value is -2.79. The summed E-state index contributed by atoms with van der Waals surface area (Å²) >= 11 is 0. The van der Waals surface area contributed by atoms with Crippen LogP contribution in [0.2, 0.25) is 0 Å². The van der Waals surface area contributed by atoms with Crippen molar-refractivity contribution in [3.8, 4) is 5.75 Å². The first-order valence-corrected chi connectivity index (χ1v) is 8.31. The van der Waals surface area contributed by atoms with Crippen LogP contribution in [0.3, 0.4) is 0 Å². The van der Waals surface area contributed by atoms with Crippen LogP contribution in [0.15, 0.2) is 54.6 Å². The highest BCUT2D eigenvalue weighted by Crippen LogP contribution is 2.31. The third kappa shape index (κ3) is 4.61. The Morgan fingerprint density at radius 1 is 1.16 bits per heavy atom. The number of benzene rings is 2. The number of morpholine rings is 1. The molecular weight excluding hydrogens is 316 g/mol. The summed E-state index contributed by atoms with van der Waals surface area (Å²) in [5, 5.41) is 2.96. The first kappa shape index (κ1) is 17.0. The van der Waals surface area contributed by atoms with Crippen LogP contribution in [-0.2, 0) is 9.53 Å². The molecule has 0 unspecified atom stereocenters. The summed E-state index contributed by atoms with van der Waals surface area (Å²) in [6.45, 7) is 2.98. The zero-order chi connectivity index (χ0) is 17.5. The summed E-state index contributed by atoms with van der Waals surface area (Å²) in [6, 6.07) is 15.5. The molecule has 1 heterocycles. The molecule has 0 bridgehead atoms. The van der Waals surface area contributed by atoms with Crippen molar-refractivity contribution >= 4 is 23.4 Å². The lowest BCUT2D eigenvalue weighted by atomic mass is 10.2. The van der Waals surface area contributed by atoms with Gasteiger partial charge in [0.2, 0.25) is 5.91 Å². The van der Waals surface area contributed by atoms with Gasteiger partial charge in [0.25, 0.3) is 0 Å². The summed E-state index contributed by atoms with van der Waals surface area (Å²) in [4.78, 5) is 14.5. The van der Waals surface area contributed by atoms with E-state index in [1.54, 1.807) is 13.2 Å². The summed E-state index contributed by atoms with van der Waals surface area (Å²) in [7, 11) is 1.62. The molecule has 2 aromatic carbocycles. The normalized spacial score (nSPS) is 14.5. The maximum atomic E-state index is 12.3. The molecule has 5 nitrogen and oxygen atoms in total. The lowest BCUT2D eigenvalue weighted by Crippen LogP contribution is -2.36. The Morgan fingerprint density at radius 3 is 2.64 bits per heavy atom. The van der Waals surface area contributed by atoms with Crippen molar-refractivity contribution in [3.05, 3.63) is 60.2 Å². The number of ether oxygens (including phenoxy) is 2. The molecule has 1 N–H and O–H groups in total. The van der Waals surface area contributed by atoms with Crippen molar-refractivity contribution in [2.45, 2.75) is 0 Å². The van der Waals surface area contributed by atoms with E-state index in [1.165, 1.54) is 6.08 Å². The number of hydrogen-bond acceptors (Lipinski definition) is 4. The van der Waals surface area contributed by atoms with Gasteiger partial charge in [-0.15, -0.1) is 0 Å². The number of methoxy groups -OCH3 is 1. The average Bonchev–Trinajstić information content (AvgIpc) is 2.68. The van der Waals surface area contributed by atoms with E-state index in [0.29, 0.717) is 19.0 Å². The monoisotopic (exact) mass is 338 g/mol. The minimum absolute atomic E-state index is 0.174. The molecule has 1 aliphatic heterocycles. The number of anilines is 2. The molecule has 0 saturated carbocycles. The third-order valence-corrected chi connectivity index (χ3v) is 4.04. The minimum Gasteiger partial charge on any atom is -0.497 e. The second kappa shape index (κ2) is 8.35. The van der Waals surface area contributed by atoms with Crippen LogP contribution < -0.4 is 15.0 Å². The molecule has 1 aliphatic rings. The molecule has 0 aromatic heterocycles. The second-order valence-electron chi connectivity index (χ2n) is 5.72. The number of hydrogen-bond donors (Lipinski definition) is 1. The van der Waals surface area contributed by atoms with Crippen molar-refractivity contribution in [2.75, 3.05) is 43.6 Å². The van der Waals surface area contributed by atoms with Crippen LogP contribution in [0, 0.1) is 0 Å². The highest BCUT2D eigenvalue weighted by atomic mass is 16.5. The molecule has 0 atom stereocenters. The molecule has 0 radical (unpaired) electrons. The van der Waals surface area contributed by atoms with Gasteiger partial charge in [-0.05, 0) is 23.8 Å². The van der Waals surface area contributed by atoms with Gasteiger partial charge in [-0.2, -0.15) is 0 Å². The van der Waals surface area contributed by atoms with Gasteiger partial charge >= 0.3 is 0 Å². The Morgan fingerprint density at radius 2 is 1.92 bits per heavy atom. The van der Waals surface area contributed by atoms with Gasteiger partial charge in [-0.1, -0.05) is 30.3 Å². The van der Waals surface area contributed by atoms with Crippen molar-refractivity contribution in [2.24, 2.45) is 0 Å². The van der Waals surface area contributed by atoms with Crippen LogP contribution in [-0.4, -0.2) is 39.3 Å². The zero-order valence-corrected chi connectivity index (χ0v) is 14.3. The molecule has 0 aliphatic carbocycles. The van der Waals surface area contributed by atoms with Crippen molar-refractivity contribution in [3.63, 3.8) is 0 Å². The van der Waals surface area contributed by atoms with E-state index in [9.17, 15) is 4.79 Å². The van der Waals surface area contributed by atoms with Gasteiger partial charge < -0.3 is 19.7 Å². The number of carbonyl (C=O) groups is 1.